The van der Waals surface area contributed by atoms with Gasteiger partial charge >= 0.3 is 5.97 Å². The highest BCUT2D eigenvalue weighted by Crippen LogP contribution is 2.36. The number of carbonyl (C=O) groups excluding carboxylic acids is 2. The van der Waals surface area contributed by atoms with E-state index < -0.39 is 11.9 Å². The predicted octanol–water partition coefficient (Wildman–Crippen LogP) is 3.93. The number of halogens is 2. The molecule has 2 rings (SSSR count). The van der Waals surface area contributed by atoms with Crippen LogP contribution in [0, 0.1) is 0 Å². The van der Waals surface area contributed by atoms with Crippen molar-refractivity contribution in [2.45, 2.75) is 6.92 Å². The largest absolute Gasteiger partial charge is 0.496 e. The van der Waals surface area contributed by atoms with Gasteiger partial charge in [0.2, 0.25) is 0 Å². The molecule has 1 amide bonds. The summed E-state index contributed by atoms with van der Waals surface area (Å²) in [5, 5.41) is 3.98. The van der Waals surface area contributed by atoms with Crippen LogP contribution in [-0.4, -0.2) is 45.5 Å². The molecule has 1 N–H and O–H groups in total. The topological polar surface area (TPSA) is 95.5 Å². The molecule has 0 spiro atoms. The second kappa shape index (κ2) is 11.6. The summed E-state index contributed by atoms with van der Waals surface area (Å²) in [7, 11) is 2.96. The summed E-state index contributed by atoms with van der Waals surface area (Å²) >= 11 is 6.71. The van der Waals surface area contributed by atoms with Crippen LogP contribution in [0.2, 0.25) is 0 Å². The van der Waals surface area contributed by atoms with E-state index in [9.17, 15) is 9.59 Å². The summed E-state index contributed by atoms with van der Waals surface area (Å²) in [6, 6.07) is 8.45. The molecule has 0 aromatic heterocycles. The Morgan fingerprint density at radius 1 is 1.10 bits per heavy atom. The van der Waals surface area contributed by atoms with Gasteiger partial charge in [0.15, 0.2) is 18.1 Å². The average Bonchev–Trinajstić information content (AvgIpc) is 2.72. The quantitative estimate of drug-likeness (QED) is 0.292. The number of hydrogen-bond donors (Lipinski definition) is 1. The van der Waals surface area contributed by atoms with Crippen LogP contribution in [0.1, 0.15) is 22.8 Å². The van der Waals surface area contributed by atoms with Crippen molar-refractivity contribution in [3.63, 3.8) is 0 Å². The lowest BCUT2D eigenvalue weighted by Crippen LogP contribution is -2.18. The summed E-state index contributed by atoms with van der Waals surface area (Å²) in [6.07, 6.45) is 1.45. The highest BCUT2D eigenvalue weighted by Gasteiger charge is 2.14. The van der Waals surface area contributed by atoms with Gasteiger partial charge in [-0.2, -0.15) is 5.10 Å². The first kappa shape index (κ1) is 23.7. The lowest BCUT2D eigenvalue weighted by Gasteiger charge is -2.13. The Bertz CT molecular complexity index is 949. The van der Waals surface area contributed by atoms with Crippen molar-refractivity contribution in [2.75, 3.05) is 27.4 Å². The zero-order valence-corrected chi connectivity index (χ0v) is 19.7. The third-order valence-corrected chi connectivity index (χ3v) is 4.76. The van der Waals surface area contributed by atoms with E-state index in [1.165, 1.54) is 20.4 Å². The first-order valence-corrected chi connectivity index (χ1v) is 10.3. The molecule has 0 bridgehead atoms. The highest BCUT2D eigenvalue weighted by atomic mass is 79.9. The van der Waals surface area contributed by atoms with Gasteiger partial charge in [0.1, 0.15) is 5.75 Å². The van der Waals surface area contributed by atoms with E-state index >= 15 is 0 Å². The molecule has 0 atom stereocenters. The standard InChI is InChI=1S/C20H20Br2N2O6/c1-4-29-18(25)11-30-19-15(22)7-12(8-17(19)28-3)10-23-24-20(26)14-9-13(21)5-6-16(14)27-2/h5-10H,4,11H2,1-3H3,(H,24,26)/b23-10-. The Morgan fingerprint density at radius 3 is 2.50 bits per heavy atom. The lowest BCUT2D eigenvalue weighted by atomic mass is 10.2. The maximum atomic E-state index is 12.4. The zero-order chi connectivity index (χ0) is 22.1. The molecule has 30 heavy (non-hydrogen) atoms. The summed E-state index contributed by atoms with van der Waals surface area (Å²) < 4.78 is 22.1. The maximum Gasteiger partial charge on any atom is 0.344 e. The molecule has 0 saturated carbocycles. The summed E-state index contributed by atoms with van der Waals surface area (Å²) in [5.74, 6) is 0.256. The van der Waals surface area contributed by atoms with Crippen LogP contribution in [0.4, 0.5) is 0 Å². The molecule has 0 heterocycles. The average molecular weight is 544 g/mol. The zero-order valence-electron chi connectivity index (χ0n) is 16.5. The molecule has 2 aromatic carbocycles. The molecule has 0 unspecified atom stereocenters. The van der Waals surface area contributed by atoms with Crippen molar-refractivity contribution in [3.8, 4) is 17.2 Å². The predicted molar refractivity (Wildman–Crippen MR) is 119 cm³/mol. The normalized spacial score (nSPS) is 10.6. The van der Waals surface area contributed by atoms with E-state index in [0.717, 1.165) is 4.47 Å². The van der Waals surface area contributed by atoms with Crippen LogP contribution in [0.15, 0.2) is 44.4 Å². The molecule has 0 aliphatic carbocycles. The van der Waals surface area contributed by atoms with Crippen LogP contribution in [-0.2, 0) is 9.53 Å². The van der Waals surface area contributed by atoms with E-state index in [4.69, 9.17) is 18.9 Å². The number of carbonyl (C=O) groups is 2. The van der Waals surface area contributed by atoms with E-state index in [0.29, 0.717) is 32.8 Å². The number of amides is 1. The number of hydrazone groups is 1. The van der Waals surface area contributed by atoms with Gasteiger partial charge in [0.05, 0.1) is 37.1 Å². The molecule has 0 saturated heterocycles. The Labute approximate surface area is 190 Å². The molecule has 0 fully saturated rings. The molecule has 8 nitrogen and oxygen atoms in total. The Hall–Kier alpha value is -2.59. The molecule has 0 radical (unpaired) electrons. The van der Waals surface area contributed by atoms with Crippen LogP contribution in [0.3, 0.4) is 0 Å². The van der Waals surface area contributed by atoms with Crippen LogP contribution in [0.5, 0.6) is 17.2 Å². The minimum atomic E-state index is -0.484. The third kappa shape index (κ3) is 6.46. The van der Waals surface area contributed by atoms with Crippen LogP contribution < -0.4 is 19.6 Å². The Morgan fingerprint density at radius 2 is 1.83 bits per heavy atom. The number of esters is 1. The minimum absolute atomic E-state index is 0.249. The number of rotatable bonds is 9. The Balaban J connectivity index is 2.12. The van der Waals surface area contributed by atoms with Gasteiger partial charge in [-0.3, -0.25) is 4.79 Å². The maximum absolute atomic E-state index is 12.4. The summed E-state index contributed by atoms with van der Waals surface area (Å²) in [4.78, 5) is 23.9. The van der Waals surface area contributed by atoms with Gasteiger partial charge in [0.25, 0.3) is 5.91 Å². The van der Waals surface area contributed by atoms with Gasteiger partial charge in [-0.05, 0) is 58.7 Å². The van der Waals surface area contributed by atoms with Crippen molar-refractivity contribution < 1.29 is 28.5 Å². The minimum Gasteiger partial charge on any atom is -0.496 e. The highest BCUT2D eigenvalue weighted by molar-refractivity contribution is 9.10. The number of methoxy groups -OCH3 is 2. The van der Waals surface area contributed by atoms with Gasteiger partial charge in [-0.15, -0.1) is 0 Å². The lowest BCUT2D eigenvalue weighted by molar-refractivity contribution is -0.145. The molecule has 10 heteroatoms. The van der Waals surface area contributed by atoms with Gasteiger partial charge in [-0.25, -0.2) is 10.2 Å². The Kier molecular flexibility index (Phi) is 9.13. The van der Waals surface area contributed by atoms with E-state index in [1.54, 1.807) is 37.3 Å². The molecule has 0 aliphatic rings. The monoisotopic (exact) mass is 542 g/mol. The number of nitrogens with one attached hydrogen (secondary N) is 1. The van der Waals surface area contributed by atoms with Gasteiger partial charge < -0.3 is 18.9 Å². The van der Waals surface area contributed by atoms with Crippen molar-refractivity contribution in [2.24, 2.45) is 5.10 Å². The first-order chi connectivity index (χ1) is 14.4. The fraction of sp³-hybridized carbons (Fsp3) is 0.250. The second-order valence-corrected chi connectivity index (χ2v) is 7.44. The number of hydrogen-bond acceptors (Lipinski definition) is 7. The smallest absolute Gasteiger partial charge is 0.344 e. The number of nitrogens with zero attached hydrogens (tertiary/aromatic N) is 1. The molecular weight excluding hydrogens is 524 g/mol. The summed E-state index contributed by atoms with van der Waals surface area (Å²) in [6.45, 7) is 1.74. The van der Waals surface area contributed by atoms with Gasteiger partial charge in [-0.1, -0.05) is 15.9 Å². The molecule has 0 aliphatic heterocycles. The molecule has 160 valence electrons. The van der Waals surface area contributed by atoms with Crippen molar-refractivity contribution >= 4 is 50.0 Å². The fourth-order valence-corrected chi connectivity index (χ4v) is 3.31. The van der Waals surface area contributed by atoms with Crippen LogP contribution >= 0.6 is 31.9 Å². The van der Waals surface area contributed by atoms with E-state index in [1.807, 2.05) is 0 Å². The van der Waals surface area contributed by atoms with Gasteiger partial charge in [0, 0.05) is 4.47 Å². The van der Waals surface area contributed by atoms with Crippen LogP contribution in [0.25, 0.3) is 0 Å². The summed E-state index contributed by atoms with van der Waals surface area (Å²) in [5.41, 5.74) is 3.42. The van der Waals surface area contributed by atoms with Crippen molar-refractivity contribution in [1.29, 1.82) is 0 Å². The molecular formula is C20H20Br2N2O6. The molecule has 2 aromatic rings. The first-order valence-electron chi connectivity index (χ1n) is 8.72. The third-order valence-electron chi connectivity index (χ3n) is 3.68. The second-order valence-electron chi connectivity index (χ2n) is 5.67. The van der Waals surface area contributed by atoms with Crippen molar-refractivity contribution in [1.82, 2.24) is 5.43 Å². The number of ether oxygens (including phenoxy) is 4. The van der Waals surface area contributed by atoms with E-state index in [-0.39, 0.29) is 13.2 Å². The van der Waals surface area contributed by atoms with E-state index in [2.05, 4.69) is 42.4 Å². The fourth-order valence-electron chi connectivity index (χ4n) is 2.37. The SMILES string of the molecule is CCOC(=O)COc1c(Br)cc(/C=N\NC(=O)c2cc(Br)ccc2OC)cc1OC. The number of benzene rings is 2. The van der Waals surface area contributed by atoms with Crippen molar-refractivity contribution in [3.05, 3.63) is 50.4 Å².